The molecular weight excluding hydrogens is 194 g/mol. The third-order valence-electron chi connectivity index (χ3n) is 2.53. The maximum atomic E-state index is 5.57. The summed E-state index contributed by atoms with van der Waals surface area (Å²) in [6, 6.07) is 8.21. The van der Waals surface area contributed by atoms with Crippen molar-refractivity contribution >= 4 is 21.6 Å². The van der Waals surface area contributed by atoms with Crippen LogP contribution in [0, 0.1) is 0 Å². The van der Waals surface area contributed by atoms with Crippen LogP contribution in [0.1, 0.15) is 25.0 Å². The van der Waals surface area contributed by atoms with Gasteiger partial charge in [0, 0.05) is 0 Å². The number of para-hydroxylation sites is 1. The summed E-state index contributed by atoms with van der Waals surface area (Å²) in [5, 5.41) is 1.11. The first-order valence-electron chi connectivity index (χ1n) is 4.70. The molecule has 72 valence electrons. The van der Waals surface area contributed by atoms with Gasteiger partial charge in [0.1, 0.15) is 11.1 Å². The lowest BCUT2D eigenvalue weighted by atomic mass is 10.1. The molecular formula is C11H11NOS. The van der Waals surface area contributed by atoms with Gasteiger partial charge in [0.05, 0.1) is 15.8 Å². The van der Waals surface area contributed by atoms with Crippen molar-refractivity contribution < 1.29 is 4.74 Å². The highest BCUT2D eigenvalue weighted by Gasteiger charge is 2.50. The molecule has 1 aromatic heterocycles. The minimum Gasteiger partial charge on any atom is -0.359 e. The zero-order valence-electron chi connectivity index (χ0n) is 8.15. The quantitative estimate of drug-likeness (QED) is 0.668. The summed E-state index contributed by atoms with van der Waals surface area (Å²) in [6.07, 6.45) is 0.208. The Morgan fingerprint density at radius 3 is 2.71 bits per heavy atom. The van der Waals surface area contributed by atoms with E-state index in [0.29, 0.717) is 0 Å². The maximum absolute atomic E-state index is 5.57. The molecule has 0 amide bonds. The summed E-state index contributed by atoms with van der Waals surface area (Å²) < 4.78 is 6.81. The van der Waals surface area contributed by atoms with Gasteiger partial charge in [-0.15, -0.1) is 11.3 Å². The molecule has 1 fully saturated rings. The van der Waals surface area contributed by atoms with E-state index in [2.05, 4.69) is 24.9 Å². The number of fused-ring (bicyclic) bond motifs is 1. The number of nitrogens with zero attached hydrogens (tertiary/aromatic N) is 1. The second kappa shape index (κ2) is 2.55. The Morgan fingerprint density at radius 2 is 2.07 bits per heavy atom. The van der Waals surface area contributed by atoms with Gasteiger partial charge in [-0.1, -0.05) is 12.1 Å². The number of thiazole rings is 1. The Kier molecular flexibility index (Phi) is 1.53. The Labute approximate surface area is 86.5 Å². The second-order valence-electron chi connectivity index (χ2n) is 4.12. The van der Waals surface area contributed by atoms with E-state index in [9.17, 15) is 0 Å². The van der Waals surface area contributed by atoms with Crippen LogP contribution in [-0.4, -0.2) is 10.6 Å². The van der Waals surface area contributed by atoms with Crippen LogP contribution in [-0.2, 0) is 4.74 Å². The van der Waals surface area contributed by atoms with Crippen LogP contribution < -0.4 is 0 Å². The number of aromatic nitrogens is 1. The van der Waals surface area contributed by atoms with Gasteiger partial charge in [0.25, 0.3) is 0 Å². The Hall–Kier alpha value is -0.930. The van der Waals surface area contributed by atoms with Gasteiger partial charge in [-0.05, 0) is 26.0 Å². The van der Waals surface area contributed by atoms with Crippen LogP contribution in [0.3, 0.4) is 0 Å². The molecule has 0 saturated carbocycles. The highest BCUT2D eigenvalue weighted by atomic mass is 32.1. The van der Waals surface area contributed by atoms with E-state index in [1.165, 1.54) is 4.70 Å². The largest absolute Gasteiger partial charge is 0.359 e. The lowest BCUT2D eigenvalue weighted by molar-refractivity contribution is 0.325. The summed E-state index contributed by atoms with van der Waals surface area (Å²) in [4.78, 5) is 4.56. The first-order chi connectivity index (χ1) is 6.67. The minimum absolute atomic E-state index is 0.00608. The number of hydrogen-bond acceptors (Lipinski definition) is 3. The fraction of sp³-hybridized carbons (Fsp3) is 0.364. The molecule has 1 saturated heterocycles. The zero-order chi connectivity index (χ0) is 9.76. The minimum atomic E-state index is -0.00608. The van der Waals surface area contributed by atoms with Crippen LogP contribution in [0.25, 0.3) is 10.2 Å². The molecule has 1 aliphatic rings. The van der Waals surface area contributed by atoms with Crippen molar-refractivity contribution in [1.29, 1.82) is 0 Å². The monoisotopic (exact) mass is 205 g/mol. The molecule has 3 rings (SSSR count). The maximum Gasteiger partial charge on any atom is 0.138 e. The Bertz CT molecular complexity index is 456. The van der Waals surface area contributed by atoms with Crippen molar-refractivity contribution in [3.8, 4) is 0 Å². The van der Waals surface area contributed by atoms with Gasteiger partial charge < -0.3 is 4.74 Å². The number of rotatable bonds is 1. The van der Waals surface area contributed by atoms with Crippen molar-refractivity contribution in [3.63, 3.8) is 0 Å². The number of ether oxygens (including phenoxy) is 1. The van der Waals surface area contributed by atoms with Crippen molar-refractivity contribution in [1.82, 2.24) is 4.98 Å². The van der Waals surface area contributed by atoms with Crippen molar-refractivity contribution in [2.75, 3.05) is 0 Å². The molecule has 1 aliphatic heterocycles. The number of hydrogen-bond donors (Lipinski definition) is 0. The number of benzene rings is 1. The summed E-state index contributed by atoms with van der Waals surface area (Å²) in [5.41, 5.74) is 1.08. The number of epoxide rings is 1. The third-order valence-corrected chi connectivity index (χ3v) is 3.61. The summed E-state index contributed by atoms with van der Waals surface area (Å²) in [6.45, 7) is 4.20. The first-order valence-corrected chi connectivity index (χ1v) is 5.52. The molecule has 0 unspecified atom stereocenters. The molecule has 0 aliphatic carbocycles. The lowest BCUT2D eigenvalue weighted by Gasteiger charge is -1.89. The molecule has 1 aromatic carbocycles. The average Bonchev–Trinajstić information content (AvgIpc) is 2.62. The molecule has 3 heteroatoms. The SMILES string of the molecule is CC1(C)O[C@H]1c1nc2ccccc2s1. The van der Waals surface area contributed by atoms with Gasteiger partial charge >= 0.3 is 0 Å². The summed E-state index contributed by atoms with van der Waals surface area (Å²) >= 11 is 1.73. The van der Waals surface area contributed by atoms with E-state index in [0.717, 1.165) is 10.5 Å². The zero-order valence-corrected chi connectivity index (χ0v) is 8.97. The predicted molar refractivity (Wildman–Crippen MR) is 57.5 cm³/mol. The van der Waals surface area contributed by atoms with Crippen LogP contribution in [0.2, 0.25) is 0 Å². The third kappa shape index (κ3) is 1.16. The molecule has 0 N–H and O–H groups in total. The highest BCUT2D eigenvalue weighted by molar-refractivity contribution is 7.18. The van der Waals surface area contributed by atoms with E-state index >= 15 is 0 Å². The molecule has 0 spiro atoms. The molecule has 2 heterocycles. The molecule has 2 nitrogen and oxygen atoms in total. The van der Waals surface area contributed by atoms with E-state index < -0.39 is 0 Å². The van der Waals surface area contributed by atoms with Gasteiger partial charge in [-0.25, -0.2) is 4.98 Å². The van der Waals surface area contributed by atoms with Crippen LogP contribution >= 0.6 is 11.3 Å². The normalized spacial score (nSPS) is 24.0. The predicted octanol–water partition coefficient (Wildman–Crippen LogP) is 3.15. The van der Waals surface area contributed by atoms with E-state index in [-0.39, 0.29) is 11.7 Å². The highest BCUT2D eigenvalue weighted by Crippen LogP contribution is 2.50. The van der Waals surface area contributed by atoms with Crippen molar-refractivity contribution in [2.45, 2.75) is 25.6 Å². The fourth-order valence-electron chi connectivity index (χ4n) is 1.62. The second-order valence-corrected chi connectivity index (χ2v) is 5.18. The molecule has 0 bridgehead atoms. The first kappa shape index (κ1) is 8.38. The van der Waals surface area contributed by atoms with Gasteiger partial charge in [-0.2, -0.15) is 0 Å². The van der Waals surface area contributed by atoms with Gasteiger partial charge in [-0.3, -0.25) is 0 Å². The van der Waals surface area contributed by atoms with Crippen LogP contribution in [0.15, 0.2) is 24.3 Å². The van der Waals surface area contributed by atoms with E-state index in [1.807, 2.05) is 18.2 Å². The van der Waals surface area contributed by atoms with Crippen LogP contribution in [0.4, 0.5) is 0 Å². The van der Waals surface area contributed by atoms with E-state index in [4.69, 9.17) is 4.74 Å². The Balaban J connectivity index is 2.08. The van der Waals surface area contributed by atoms with E-state index in [1.54, 1.807) is 11.3 Å². The summed E-state index contributed by atoms with van der Waals surface area (Å²) in [7, 11) is 0. The molecule has 0 radical (unpaired) electrons. The summed E-state index contributed by atoms with van der Waals surface area (Å²) in [5.74, 6) is 0. The molecule has 1 atom stereocenters. The lowest BCUT2D eigenvalue weighted by Crippen LogP contribution is -1.96. The molecule has 14 heavy (non-hydrogen) atoms. The van der Waals surface area contributed by atoms with Crippen molar-refractivity contribution in [2.24, 2.45) is 0 Å². The average molecular weight is 205 g/mol. The standard InChI is InChI=1S/C11H11NOS/c1-11(2)9(13-11)10-12-7-5-3-4-6-8(7)14-10/h3-6,9H,1-2H3/t9-/m0/s1. The topological polar surface area (TPSA) is 25.4 Å². The van der Waals surface area contributed by atoms with Gasteiger partial charge in [0.15, 0.2) is 0 Å². The van der Waals surface area contributed by atoms with Gasteiger partial charge in [0.2, 0.25) is 0 Å². The molecule has 2 aromatic rings. The van der Waals surface area contributed by atoms with Crippen molar-refractivity contribution in [3.05, 3.63) is 29.3 Å². The fourth-order valence-corrected chi connectivity index (χ4v) is 2.79. The smallest absolute Gasteiger partial charge is 0.138 e. The Morgan fingerprint density at radius 1 is 1.36 bits per heavy atom. The van der Waals surface area contributed by atoms with Crippen LogP contribution in [0.5, 0.6) is 0 Å².